The van der Waals surface area contributed by atoms with E-state index < -0.39 is 5.82 Å². The molecule has 0 saturated heterocycles. The number of aromatic nitrogens is 2. The molecule has 1 aromatic carbocycles. The summed E-state index contributed by atoms with van der Waals surface area (Å²) in [6.07, 6.45) is 1.80. The maximum absolute atomic E-state index is 13.4. The second-order valence-electron chi connectivity index (χ2n) is 4.05. The van der Waals surface area contributed by atoms with Gasteiger partial charge in [-0.3, -0.25) is 4.40 Å². The van der Waals surface area contributed by atoms with Gasteiger partial charge in [-0.2, -0.15) is 0 Å². The minimum atomic E-state index is -0.418. The van der Waals surface area contributed by atoms with Gasteiger partial charge in [0.25, 0.3) is 0 Å². The Labute approximate surface area is 122 Å². The normalized spacial score (nSPS) is 11.1. The van der Waals surface area contributed by atoms with Crippen molar-refractivity contribution in [3.05, 3.63) is 51.8 Å². The summed E-state index contributed by atoms with van der Waals surface area (Å²) in [7, 11) is 0. The van der Waals surface area contributed by atoms with Gasteiger partial charge in [0.05, 0.1) is 4.47 Å². The molecule has 0 aliphatic rings. The minimum absolute atomic E-state index is 0.311. The lowest BCUT2D eigenvalue weighted by molar-refractivity contribution is 0.628. The number of halogens is 3. The Morgan fingerprint density at radius 1 is 1.32 bits per heavy atom. The van der Waals surface area contributed by atoms with E-state index in [1.165, 1.54) is 12.1 Å². The molecule has 0 aliphatic heterocycles. The largest absolute Gasteiger partial charge is 0.383 e. The smallest absolute Gasteiger partial charge is 0.153 e. The van der Waals surface area contributed by atoms with Crippen LogP contribution in [0.4, 0.5) is 10.2 Å². The van der Waals surface area contributed by atoms with Crippen molar-refractivity contribution in [3.8, 4) is 11.3 Å². The van der Waals surface area contributed by atoms with E-state index >= 15 is 0 Å². The zero-order chi connectivity index (χ0) is 13.6. The van der Waals surface area contributed by atoms with Gasteiger partial charge in [-0.15, -0.1) is 0 Å². The van der Waals surface area contributed by atoms with Gasteiger partial charge >= 0.3 is 0 Å². The van der Waals surface area contributed by atoms with Gasteiger partial charge in [0.2, 0.25) is 0 Å². The third-order valence-corrected chi connectivity index (χ3v) is 3.61. The molecule has 0 atom stereocenters. The molecular formula is C13H8BrClFN3. The molecule has 0 saturated carbocycles. The first-order chi connectivity index (χ1) is 9.06. The zero-order valence-corrected chi connectivity index (χ0v) is 11.9. The molecule has 2 N–H and O–H groups in total. The van der Waals surface area contributed by atoms with E-state index in [-0.39, 0.29) is 0 Å². The van der Waals surface area contributed by atoms with Crippen molar-refractivity contribution < 1.29 is 4.39 Å². The van der Waals surface area contributed by atoms with Gasteiger partial charge in [-0.05, 0) is 46.3 Å². The molecule has 0 amide bonds. The van der Waals surface area contributed by atoms with Gasteiger partial charge in [0, 0.05) is 16.8 Å². The predicted octanol–water partition coefficient (Wildman–Crippen LogP) is 4.14. The summed E-state index contributed by atoms with van der Waals surface area (Å²) in [6, 6.07) is 7.95. The quantitative estimate of drug-likeness (QED) is 0.723. The molecule has 0 spiro atoms. The molecule has 3 aromatic rings. The number of rotatable bonds is 1. The van der Waals surface area contributed by atoms with Crippen LogP contribution in [-0.2, 0) is 0 Å². The standard InChI is InChI=1S/C13H8BrClFN3/c14-10-2-1-3-19-12(17)11(18-13(10)19)7-4-8(15)6-9(16)5-7/h1-6H,17H2. The van der Waals surface area contributed by atoms with Crippen molar-refractivity contribution >= 4 is 39.0 Å². The molecular weight excluding hydrogens is 333 g/mol. The summed E-state index contributed by atoms with van der Waals surface area (Å²) in [6.45, 7) is 0. The first kappa shape index (κ1) is 12.4. The summed E-state index contributed by atoms with van der Waals surface area (Å²) in [4.78, 5) is 4.43. The Hall–Kier alpha value is -1.59. The first-order valence-electron chi connectivity index (χ1n) is 5.45. The Morgan fingerprint density at radius 2 is 2.11 bits per heavy atom. The van der Waals surface area contributed by atoms with E-state index in [9.17, 15) is 4.39 Å². The molecule has 3 nitrogen and oxygen atoms in total. The second-order valence-corrected chi connectivity index (χ2v) is 5.34. The van der Waals surface area contributed by atoms with E-state index in [2.05, 4.69) is 20.9 Å². The van der Waals surface area contributed by atoms with Gasteiger partial charge in [0.1, 0.15) is 17.3 Å². The number of hydrogen-bond donors (Lipinski definition) is 1. The minimum Gasteiger partial charge on any atom is -0.383 e. The molecule has 0 fully saturated rings. The van der Waals surface area contributed by atoms with Crippen molar-refractivity contribution in [2.75, 3.05) is 5.73 Å². The summed E-state index contributed by atoms with van der Waals surface area (Å²) < 4.78 is 16.0. The number of pyridine rings is 1. The van der Waals surface area contributed by atoms with Crippen LogP contribution in [0.2, 0.25) is 5.02 Å². The average Bonchev–Trinajstić information content (AvgIpc) is 2.68. The van der Waals surface area contributed by atoms with Crippen molar-refractivity contribution in [3.63, 3.8) is 0 Å². The molecule has 3 rings (SSSR count). The van der Waals surface area contributed by atoms with Crippen LogP contribution in [-0.4, -0.2) is 9.38 Å². The molecule has 6 heteroatoms. The number of imidazole rings is 1. The molecule has 0 bridgehead atoms. The number of nitrogen functional groups attached to an aromatic ring is 1. The van der Waals surface area contributed by atoms with Crippen LogP contribution in [0.5, 0.6) is 0 Å². The summed E-state index contributed by atoms with van der Waals surface area (Å²) in [5.74, 6) is 0.0241. The van der Waals surface area contributed by atoms with Crippen LogP contribution in [0.15, 0.2) is 41.0 Å². The van der Waals surface area contributed by atoms with Crippen LogP contribution in [0.3, 0.4) is 0 Å². The van der Waals surface area contributed by atoms with E-state index in [1.54, 1.807) is 16.7 Å². The summed E-state index contributed by atoms with van der Waals surface area (Å²) in [5.41, 5.74) is 7.79. The third kappa shape index (κ3) is 2.09. The van der Waals surface area contributed by atoms with Crippen molar-refractivity contribution in [2.24, 2.45) is 0 Å². The monoisotopic (exact) mass is 339 g/mol. The Balaban J connectivity index is 2.31. The highest BCUT2D eigenvalue weighted by Gasteiger charge is 2.14. The number of nitrogens with two attached hydrogens (primary N) is 1. The number of anilines is 1. The second kappa shape index (κ2) is 4.51. The summed E-state index contributed by atoms with van der Waals surface area (Å²) >= 11 is 9.26. The predicted molar refractivity (Wildman–Crippen MR) is 77.7 cm³/mol. The maximum atomic E-state index is 13.4. The number of hydrogen-bond acceptors (Lipinski definition) is 2. The van der Waals surface area contributed by atoms with Crippen LogP contribution in [0, 0.1) is 5.82 Å². The highest BCUT2D eigenvalue weighted by Crippen LogP contribution is 2.31. The molecule has 19 heavy (non-hydrogen) atoms. The first-order valence-corrected chi connectivity index (χ1v) is 6.62. The van der Waals surface area contributed by atoms with Crippen molar-refractivity contribution in [1.82, 2.24) is 9.38 Å². The SMILES string of the molecule is Nc1c(-c2cc(F)cc(Cl)c2)nc2c(Br)cccn12. The highest BCUT2D eigenvalue weighted by atomic mass is 79.9. The number of fused-ring (bicyclic) bond motifs is 1. The molecule has 0 unspecified atom stereocenters. The molecule has 2 heterocycles. The topological polar surface area (TPSA) is 43.3 Å². The van der Waals surface area contributed by atoms with E-state index in [1.807, 2.05) is 12.1 Å². The lowest BCUT2D eigenvalue weighted by Gasteiger charge is -2.01. The Bertz CT molecular complexity index is 765. The molecule has 2 aromatic heterocycles. The van der Waals surface area contributed by atoms with Crippen molar-refractivity contribution in [1.29, 1.82) is 0 Å². The van der Waals surface area contributed by atoms with Crippen LogP contribution >= 0.6 is 27.5 Å². The zero-order valence-electron chi connectivity index (χ0n) is 9.57. The van der Waals surface area contributed by atoms with Crippen molar-refractivity contribution in [2.45, 2.75) is 0 Å². The Morgan fingerprint density at radius 3 is 2.79 bits per heavy atom. The van der Waals surface area contributed by atoms with Gasteiger partial charge in [0.15, 0.2) is 5.65 Å². The highest BCUT2D eigenvalue weighted by molar-refractivity contribution is 9.10. The fourth-order valence-electron chi connectivity index (χ4n) is 1.96. The third-order valence-electron chi connectivity index (χ3n) is 2.78. The number of nitrogens with zero attached hydrogens (tertiary/aromatic N) is 2. The number of benzene rings is 1. The van der Waals surface area contributed by atoms with E-state index in [0.29, 0.717) is 27.7 Å². The van der Waals surface area contributed by atoms with E-state index in [0.717, 1.165) is 4.47 Å². The van der Waals surface area contributed by atoms with Crippen LogP contribution < -0.4 is 5.73 Å². The fourth-order valence-corrected chi connectivity index (χ4v) is 2.61. The van der Waals surface area contributed by atoms with Gasteiger partial charge in [-0.1, -0.05) is 11.6 Å². The van der Waals surface area contributed by atoms with Gasteiger partial charge in [-0.25, -0.2) is 9.37 Å². The van der Waals surface area contributed by atoms with Gasteiger partial charge < -0.3 is 5.73 Å². The van der Waals surface area contributed by atoms with Crippen LogP contribution in [0.1, 0.15) is 0 Å². The lowest BCUT2D eigenvalue weighted by atomic mass is 10.1. The maximum Gasteiger partial charge on any atom is 0.153 e. The fraction of sp³-hybridized carbons (Fsp3) is 0. The molecule has 96 valence electrons. The van der Waals surface area contributed by atoms with Crippen LogP contribution in [0.25, 0.3) is 16.9 Å². The summed E-state index contributed by atoms with van der Waals surface area (Å²) in [5, 5.41) is 0.311. The Kier molecular flexibility index (Phi) is 2.95. The van der Waals surface area contributed by atoms with E-state index in [4.69, 9.17) is 17.3 Å². The lowest BCUT2D eigenvalue weighted by Crippen LogP contribution is -1.94. The molecule has 0 radical (unpaired) electrons. The molecule has 0 aliphatic carbocycles. The average molecular weight is 341 g/mol.